The summed E-state index contributed by atoms with van der Waals surface area (Å²) in [6.45, 7) is 0.919. The normalized spacial score (nSPS) is 13.7. The van der Waals surface area contributed by atoms with Gasteiger partial charge in [-0.3, -0.25) is 0 Å². The quantitative estimate of drug-likeness (QED) is 0.275. The van der Waals surface area contributed by atoms with Crippen LogP contribution in [0.25, 0.3) is 38.4 Å². The molecule has 0 bridgehead atoms. The van der Waals surface area contributed by atoms with E-state index in [0.29, 0.717) is 0 Å². The molecule has 0 N–H and O–H groups in total. The van der Waals surface area contributed by atoms with Gasteiger partial charge in [-0.15, -0.1) is 0 Å². The first-order chi connectivity index (χ1) is 16.4. The average molecular weight is 427 g/mol. The predicted octanol–water partition coefficient (Wildman–Crippen LogP) is 7.67. The van der Waals surface area contributed by atoms with Crippen LogP contribution in [0.15, 0.2) is 97.1 Å². The Bertz CT molecular complexity index is 1620. The zero-order valence-electron chi connectivity index (χ0n) is 18.7. The SMILES string of the molecule is c1ccc(Cn2c3c(c4ccc5c6ccccc6n(-c6ccccc6)c5c42)CCCC3)cc1. The van der Waals surface area contributed by atoms with E-state index in [-0.39, 0.29) is 0 Å². The molecular formula is C31H26N2. The van der Waals surface area contributed by atoms with Gasteiger partial charge in [0.2, 0.25) is 0 Å². The lowest BCUT2D eigenvalue weighted by Gasteiger charge is -2.17. The van der Waals surface area contributed by atoms with Gasteiger partial charge >= 0.3 is 0 Å². The van der Waals surface area contributed by atoms with Crippen LogP contribution in [-0.2, 0) is 19.4 Å². The standard InChI is InChI=1S/C31H26N2/c1-3-11-22(12-4-1)21-32-28-17-9-7-15-24(28)26-19-20-27-25-16-8-10-18-29(25)33(31(27)30(26)32)23-13-5-2-6-14-23/h1-6,8,10-14,16,18-20H,7,9,15,17,21H2. The van der Waals surface area contributed by atoms with Crippen LogP contribution in [0.5, 0.6) is 0 Å². The van der Waals surface area contributed by atoms with Crippen LogP contribution in [0.1, 0.15) is 29.7 Å². The monoisotopic (exact) mass is 426 g/mol. The number of fused-ring (bicyclic) bond motifs is 7. The minimum Gasteiger partial charge on any atom is -0.338 e. The molecule has 0 spiro atoms. The molecule has 7 rings (SSSR count). The highest BCUT2D eigenvalue weighted by Crippen LogP contribution is 2.41. The van der Waals surface area contributed by atoms with Crippen LogP contribution in [0, 0.1) is 0 Å². The van der Waals surface area contributed by atoms with Gasteiger partial charge in [-0.1, -0.05) is 78.9 Å². The van der Waals surface area contributed by atoms with E-state index >= 15 is 0 Å². The topological polar surface area (TPSA) is 9.86 Å². The van der Waals surface area contributed by atoms with E-state index in [0.717, 1.165) is 6.54 Å². The number of benzene rings is 4. The number of rotatable bonds is 3. The maximum atomic E-state index is 2.64. The second-order valence-electron chi connectivity index (χ2n) is 9.25. The number of aromatic nitrogens is 2. The van der Waals surface area contributed by atoms with Crippen molar-refractivity contribution in [2.24, 2.45) is 0 Å². The molecule has 2 heterocycles. The predicted molar refractivity (Wildman–Crippen MR) is 138 cm³/mol. The molecule has 1 aliphatic rings. The summed E-state index contributed by atoms with van der Waals surface area (Å²) in [6, 6.07) is 35.4. The Kier molecular flexibility index (Phi) is 4.20. The van der Waals surface area contributed by atoms with Gasteiger partial charge < -0.3 is 9.13 Å². The summed E-state index contributed by atoms with van der Waals surface area (Å²) >= 11 is 0. The number of aryl methyl sites for hydroxylation is 1. The van der Waals surface area contributed by atoms with E-state index < -0.39 is 0 Å². The van der Waals surface area contributed by atoms with Crippen molar-refractivity contribution in [3.05, 3.63) is 114 Å². The Morgan fingerprint density at radius 1 is 0.576 bits per heavy atom. The molecule has 160 valence electrons. The van der Waals surface area contributed by atoms with E-state index in [9.17, 15) is 0 Å². The molecule has 2 heteroatoms. The van der Waals surface area contributed by atoms with Crippen molar-refractivity contribution in [3.8, 4) is 5.69 Å². The number of para-hydroxylation sites is 2. The summed E-state index contributed by atoms with van der Waals surface area (Å²) < 4.78 is 5.12. The van der Waals surface area contributed by atoms with Crippen molar-refractivity contribution in [1.82, 2.24) is 9.13 Å². The Labute approximate surface area is 193 Å². The van der Waals surface area contributed by atoms with Crippen LogP contribution in [0.2, 0.25) is 0 Å². The van der Waals surface area contributed by atoms with Crippen LogP contribution < -0.4 is 0 Å². The van der Waals surface area contributed by atoms with E-state index in [4.69, 9.17) is 0 Å². The lowest BCUT2D eigenvalue weighted by Crippen LogP contribution is -2.09. The fraction of sp³-hybridized carbons (Fsp3) is 0.161. The van der Waals surface area contributed by atoms with Crippen molar-refractivity contribution in [1.29, 1.82) is 0 Å². The third-order valence-corrected chi connectivity index (χ3v) is 7.37. The van der Waals surface area contributed by atoms with Gasteiger partial charge in [0.1, 0.15) is 0 Å². The Balaban J connectivity index is 1.66. The van der Waals surface area contributed by atoms with Gasteiger partial charge in [0.15, 0.2) is 0 Å². The van der Waals surface area contributed by atoms with Crippen molar-refractivity contribution in [2.75, 3.05) is 0 Å². The maximum Gasteiger partial charge on any atom is 0.0785 e. The summed E-state index contributed by atoms with van der Waals surface area (Å²) in [5, 5.41) is 4.10. The molecule has 0 radical (unpaired) electrons. The molecule has 0 atom stereocenters. The highest BCUT2D eigenvalue weighted by atomic mass is 15.0. The fourth-order valence-electron chi connectivity index (χ4n) is 5.96. The van der Waals surface area contributed by atoms with Crippen molar-refractivity contribution in [3.63, 3.8) is 0 Å². The third-order valence-electron chi connectivity index (χ3n) is 7.37. The molecule has 1 aliphatic carbocycles. The van der Waals surface area contributed by atoms with Crippen molar-refractivity contribution in [2.45, 2.75) is 32.2 Å². The van der Waals surface area contributed by atoms with Gasteiger partial charge in [-0.05, 0) is 55.0 Å². The molecule has 33 heavy (non-hydrogen) atoms. The molecule has 2 nitrogen and oxygen atoms in total. The van der Waals surface area contributed by atoms with Gasteiger partial charge in [0, 0.05) is 34.1 Å². The lowest BCUT2D eigenvalue weighted by atomic mass is 9.95. The highest BCUT2D eigenvalue weighted by molar-refractivity contribution is 6.18. The second kappa shape index (κ2) is 7.38. The molecule has 0 saturated heterocycles. The summed E-state index contributed by atoms with van der Waals surface area (Å²) in [5.41, 5.74) is 9.70. The van der Waals surface area contributed by atoms with E-state index in [1.807, 2.05) is 0 Å². The number of hydrogen-bond donors (Lipinski definition) is 0. The Morgan fingerprint density at radius 3 is 2.12 bits per heavy atom. The molecular weight excluding hydrogens is 400 g/mol. The van der Waals surface area contributed by atoms with Crippen LogP contribution in [0.3, 0.4) is 0 Å². The van der Waals surface area contributed by atoms with Crippen molar-refractivity contribution < 1.29 is 0 Å². The molecule has 0 unspecified atom stereocenters. The smallest absolute Gasteiger partial charge is 0.0785 e. The third kappa shape index (κ3) is 2.80. The highest BCUT2D eigenvalue weighted by Gasteiger charge is 2.24. The fourth-order valence-corrected chi connectivity index (χ4v) is 5.96. The van der Waals surface area contributed by atoms with Crippen LogP contribution in [0.4, 0.5) is 0 Å². The Hall–Kier alpha value is -3.78. The molecule has 4 aromatic carbocycles. The van der Waals surface area contributed by atoms with Gasteiger partial charge in [-0.2, -0.15) is 0 Å². The zero-order valence-corrected chi connectivity index (χ0v) is 18.7. The largest absolute Gasteiger partial charge is 0.338 e. The summed E-state index contributed by atoms with van der Waals surface area (Å²) in [6.07, 6.45) is 4.93. The number of hydrogen-bond acceptors (Lipinski definition) is 0. The van der Waals surface area contributed by atoms with E-state index in [1.54, 1.807) is 5.56 Å². The first kappa shape index (κ1) is 18.8. The van der Waals surface area contributed by atoms with Gasteiger partial charge in [0.05, 0.1) is 16.6 Å². The van der Waals surface area contributed by atoms with Crippen molar-refractivity contribution >= 4 is 32.7 Å². The lowest BCUT2D eigenvalue weighted by molar-refractivity contribution is 0.638. The Morgan fingerprint density at radius 2 is 1.27 bits per heavy atom. The molecule has 0 aliphatic heterocycles. The molecule has 0 saturated carbocycles. The van der Waals surface area contributed by atoms with Crippen LogP contribution >= 0.6 is 0 Å². The zero-order chi connectivity index (χ0) is 21.8. The molecule has 6 aromatic rings. The summed E-state index contributed by atoms with van der Waals surface area (Å²) in [7, 11) is 0. The van der Waals surface area contributed by atoms with Gasteiger partial charge in [-0.25, -0.2) is 0 Å². The van der Waals surface area contributed by atoms with Gasteiger partial charge in [0.25, 0.3) is 0 Å². The van der Waals surface area contributed by atoms with Crippen LogP contribution in [-0.4, -0.2) is 9.13 Å². The minimum absolute atomic E-state index is 0.919. The number of nitrogens with zero attached hydrogens (tertiary/aromatic N) is 2. The first-order valence-corrected chi connectivity index (χ1v) is 12.1. The summed E-state index contributed by atoms with van der Waals surface area (Å²) in [4.78, 5) is 0. The van der Waals surface area contributed by atoms with E-state index in [2.05, 4.69) is 106 Å². The maximum absolute atomic E-state index is 2.64. The first-order valence-electron chi connectivity index (χ1n) is 12.1. The second-order valence-corrected chi connectivity index (χ2v) is 9.25. The average Bonchev–Trinajstić information content (AvgIpc) is 3.38. The molecule has 0 fully saturated rings. The minimum atomic E-state index is 0.919. The summed E-state index contributed by atoms with van der Waals surface area (Å²) in [5.74, 6) is 0. The van der Waals surface area contributed by atoms with E-state index in [1.165, 1.54) is 75.3 Å². The molecule has 0 amide bonds. The molecule has 2 aromatic heterocycles.